The molecule has 0 aromatic heterocycles. The van der Waals surface area contributed by atoms with Crippen LogP contribution in [0.5, 0.6) is 0 Å². The van der Waals surface area contributed by atoms with Crippen molar-refractivity contribution in [2.75, 3.05) is 11.5 Å². The predicted molar refractivity (Wildman–Crippen MR) is 57.3 cm³/mol. The Hall–Kier alpha value is -0.260. The molecule has 0 amide bonds. The summed E-state index contributed by atoms with van der Waals surface area (Å²) in [5, 5.41) is 0. The van der Waals surface area contributed by atoms with Gasteiger partial charge in [-0.1, -0.05) is 18.4 Å². The summed E-state index contributed by atoms with van der Waals surface area (Å²) in [4.78, 5) is 15.3. The van der Waals surface area contributed by atoms with E-state index < -0.39 is 0 Å². The summed E-state index contributed by atoms with van der Waals surface area (Å²) in [5.74, 6) is 7.44. The van der Waals surface area contributed by atoms with Crippen LogP contribution in [0.25, 0.3) is 0 Å². The van der Waals surface area contributed by atoms with E-state index in [1.165, 1.54) is 31.4 Å². The molecule has 0 bridgehead atoms. The first kappa shape index (κ1) is 11.8. The molecule has 0 aliphatic heterocycles. The van der Waals surface area contributed by atoms with E-state index in [-0.39, 0.29) is 5.97 Å². The quantitative estimate of drug-likeness (QED) is 0.399. The van der Waals surface area contributed by atoms with Crippen LogP contribution in [0.15, 0.2) is 0 Å². The molecule has 1 aliphatic rings. The molecule has 0 aromatic rings. The second-order valence-corrected chi connectivity index (χ2v) is 4.72. The third kappa shape index (κ3) is 4.83. The van der Waals surface area contributed by atoms with Crippen molar-refractivity contribution < 1.29 is 9.63 Å². The molecule has 0 atom stereocenters. The molecule has 5 heteroatoms. The molecule has 3 N–H and O–H groups in total. The SMILES string of the molecule is NNOC(=O)CCSCC1CCCC1. The number of thioether (sulfide) groups is 1. The van der Waals surface area contributed by atoms with Crippen LogP contribution in [0.3, 0.4) is 0 Å². The van der Waals surface area contributed by atoms with Gasteiger partial charge in [0.25, 0.3) is 0 Å². The van der Waals surface area contributed by atoms with E-state index in [4.69, 9.17) is 5.84 Å². The normalized spacial score (nSPS) is 17.2. The average Bonchev–Trinajstić information content (AvgIpc) is 2.65. The van der Waals surface area contributed by atoms with Gasteiger partial charge in [0.2, 0.25) is 0 Å². The Bertz CT molecular complexity index is 172. The minimum atomic E-state index is -0.286. The van der Waals surface area contributed by atoms with Crippen LogP contribution < -0.4 is 11.4 Å². The second kappa shape index (κ2) is 7.09. The number of carbonyl (C=O) groups is 1. The maximum Gasteiger partial charge on any atom is 0.327 e. The molecule has 0 saturated heterocycles. The smallest absolute Gasteiger partial charge is 0.327 e. The van der Waals surface area contributed by atoms with Crippen LogP contribution in [-0.2, 0) is 9.63 Å². The third-order valence-electron chi connectivity index (χ3n) is 2.45. The van der Waals surface area contributed by atoms with Crippen molar-refractivity contribution in [1.29, 1.82) is 0 Å². The van der Waals surface area contributed by atoms with Gasteiger partial charge in [-0.25, -0.2) is 5.84 Å². The molecule has 1 rings (SSSR count). The Morgan fingerprint density at radius 3 is 2.86 bits per heavy atom. The number of hydrazine groups is 1. The lowest BCUT2D eigenvalue weighted by atomic mass is 10.1. The lowest BCUT2D eigenvalue weighted by molar-refractivity contribution is -0.150. The highest BCUT2D eigenvalue weighted by molar-refractivity contribution is 7.99. The molecule has 0 spiro atoms. The first-order valence-electron chi connectivity index (χ1n) is 5.06. The Kier molecular flexibility index (Phi) is 5.98. The number of nitrogens with one attached hydrogen (secondary N) is 1. The number of hydrogen-bond donors (Lipinski definition) is 2. The van der Waals surface area contributed by atoms with E-state index in [0.29, 0.717) is 6.42 Å². The van der Waals surface area contributed by atoms with Gasteiger partial charge in [-0.05, 0) is 24.5 Å². The largest absolute Gasteiger partial charge is 0.356 e. The minimum absolute atomic E-state index is 0.286. The van der Waals surface area contributed by atoms with Gasteiger partial charge in [0.15, 0.2) is 0 Å². The van der Waals surface area contributed by atoms with E-state index in [0.717, 1.165) is 11.7 Å². The lowest BCUT2D eigenvalue weighted by Crippen LogP contribution is -2.26. The summed E-state index contributed by atoms with van der Waals surface area (Å²) in [6.45, 7) is 0. The Labute approximate surface area is 88.9 Å². The molecule has 1 fully saturated rings. The maximum atomic E-state index is 10.9. The zero-order valence-electron chi connectivity index (χ0n) is 8.33. The van der Waals surface area contributed by atoms with Crippen molar-refractivity contribution in [2.45, 2.75) is 32.1 Å². The van der Waals surface area contributed by atoms with Gasteiger partial charge < -0.3 is 4.84 Å². The summed E-state index contributed by atoms with van der Waals surface area (Å²) in [7, 11) is 0. The molecule has 14 heavy (non-hydrogen) atoms. The molecular formula is C9H18N2O2S. The summed E-state index contributed by atoms with van der Waals surface area (Å²) in [5.41, 5.74) is 1.89. The molecule has 82 valence electrons. The van der Waals surface area contributed by atoms with Crippen LogP contribution in [0.2, 0.25) is 0 Å². The molecule has 1 aliphatic carbocycles. The predicted octanol–water partition coefficient (Wildman–Crippen LogP) is 1.22. The van der Waals surface area contributed by atoms with Gasteiger partial charge in [0, 0.05) is 5.75 Å². The Morgan fingerprint density at radius 2 is 2.21 bits per heavy atom. The third-order valence-corrected chi connectivity index (χ3v) is 3.65. The highest BCUT2D eigenvalue weighted by Crippen LogP contribution is 2.27. The van der Waals surface area contributed by atoms with Crippen LogP contribution in [0.4, 0.5) is 0 Å². The van der Waals surface area contributed by atoms with Gasteiger partial charge in [-0.15, -0.1) is 0 Å². The lowest BCUT2D eigenvalue weighted by Gasteiger charge is -2.07. The first-order valence-corrected chi connectivity index (χ1v) is 6.21. The summed E-state index contributed by atoms with van der Waals surface area (Å²) in [6, 6.07) is 0. The fourth-order valence-electron chi connectivity index (χ4n) is 1.70. The molecular weight excluding hydrogens is 200 g/mol. The van der Waals surface area contributed by atoms with Crippen LogP contribution in [-0.4, -0.2) is 17.5 Å². The highest BCUT2D eigenvalue weighted by Gasteiger charge is 2.14. The van der Waals surface area contributed by atoms with Gasteiger partial charge in [0.1, 0.15) is 0 Å². The molecule has 0 heterocycles. The van der Waals surface area contributed by atoms with Gasteiger partial charge in [-0.2, -0.15) is 11.8 Å². The summed E-state index contributed by atoms with van der Waals surface area (Å²) in [6.07, 6.45) is 5.92. The van der Waals surface area contributed by atoms with Gasteiger partial charge in [0.05, 0.1) is 6.42 Å². The number of rotatable bonds is 6. The second-order valence-electron chi connectivity index (χ2n) is 3.57. The van der Waals surface area contributed by atoms with Gasteiger partial charge in [-0.3, -0.25) is 4.79 Å². The topological polar surface area (TPSA) is 64.3 Å². The van der Waals surface area contributed by atoms with Crippen LogP contribution in [0.1, 0.15) is 32.1 Å². The van der Waals surface area contributed by atoms with Crippen molar-refractivity contribution >= 4 is 17.7 Å². The zero-order chi connectivity index (χ0) is 10.2. The van der Waals surface area contributed by atoms with Crippen molar-refractivity contribution in [3.63, 3.8) is 0 Å². The summed E-state index contributed by atoms with van der Waals surface area (Å²) < 4.78 is 0. The van der Waals surface area contributed by atoms with Gasteiger partial charge >= 0.3 is 5.97 Å². The van der Waals surface area contributed by atoms with E-state index in [9.17, 15) is 4.79 Å². The van der Waals surface area contributed by atoms with Crippen LogP contribution in [0, 0.1) is 5.92 Å². The zero-order valence-corrected chi connectivity index (χ0v) is 9.15. The van der Waals surface area contributed by atoms with E-state index in [2.05, 4.69) is 4.84 Å². The van der Waals surface area contributed by atoms with Crippen molar-refractivity contribution in [3.8, 4) is 0 Å². The molecule has 0 radical (unpaired) electrons. The first-order chi connectivity index (χ1) is 6.83. The molecule has 0 unspecified atom stereocenters. The number of nitrogens with two attached hydrogens (primary N) is 1. The van der Waals surface area contributed by atoms with Crippen molar-refractivity contribution in [1.82, 2.24) is 5.59 Å². The number of carbonyl (C=O) groups excluding carboxylic acids is 1. The standard InChI is InChI=1S/C9H18N2O2S/c10-11-13-9(12)5-6-14-7-8-3-1-2-4-8/h8,11H,1-7,10H2. The summed E-state index contributed by atoms with van der Waals surface area (Å²) >= 11 is 1.84. The fourth-order valence-corrected chi connectivity index (χ4v) is 2.84. The number of hydrogen-bond acceptors (Lipinski definition) is 5. The molecule has 0 aromatic carbocycles. The van der Waals surface area contributed by atoms with Crippen LogP contribution >= 0.6 is 11.8 Å². The van der Waals surface area contributed by atoms with E-state index >= 15 is 0 Å². The van der Waals surface area contributed by atoms with E-state index in [1.54, 1.807) is 0 Å². The average molecular weight is 218 g/mol. The van der Waals surface area contributed by atoms with E-state index in [1.807, 2.05) is 17.4 Å². The fraction of sp³-hybridized carbons (Fsp3) is 0.889. The van der Waals surface area contributed by atoms with Crippen molar-refractivity contribution in [3.05, 3.63) is 0 Å². The highest BCUT2D eigenvalue weighted by atomic mass is 32.2. The molecule has 1 saturated carbocycles. The monoisotopic (exact) mass is 218 g/mol. The maximum absolute atomic E-state index is 10.9. The minimum Gasteiger partial charge on any atom is -0.356 e. The Balaban J connectivity index is 1.90. The van der Waals surface area contributed by atoms with Crippen molar-refractivity contribution in [2.24, 2.45) is 11.8 Å². The molecule has 4 nitrogen and oxygen atoms in total. The Morgan fingerprint density at radius 1 is 1.50 bits per heavy atom.